The van der Waals surface area contributed by atoms with E-state index in [4.69, 9.17) is 18.0 Å². The molecule has 1 heterocycles. The molecule has 1 aliphatic heterocycles. The number of benzene rings is 1. The molecule has 0 spiro atoms. The molecule has 110 valence electrons. The molecule has 1 fully saturated rings. The lowest BCUT2D eigenvalue weighted by Crippen LogP contribution is -2.28. The van der Waals surface area contributed by atoms with Gasteiger partial charge in [-0.2, -0.15) is 0 Å². The molecule has 0 bridgehead atoms. The Morgan fingerprint density at radius 1 is 1.40 bits per heavy atom. The largest absolute Gasteiger partial charge is 0.389 e. The highest BCUT2D eigenvalue weighted by Crippen LogP contribution is 2.41. The Hall–Kier alpha value is -0.740. The molecule has 0 amide bonds. The maximum Gasteiger partial charge on any atom is 0.107 e. The van der Waals surface area contributed by atoms with Crippen LogP contribution in [0.25, 0.3) is 0 Å². The predicted molar refractivity (Wildman–Crippen MR) is 94.0 cm³/mol. The first-order valence-corrected chi connectivity index (χ1v) is 8.92. The van der Waals surface area contributed by atoms with Gasteiger partial charge >= 0.3 is 0 Å². The number of thioether (sulfide) groups is 1. The van der Waals surface area contributed by atoms with Crippen LogP contribution in [0.3, 0.4) is 0 Å². The van der Waals surface area contributed by atoms with Gasteiger partial charge in [-0.25, -0.2) is 0 Å². The van der Waals surface area contributed by atoms with E-state index >= 15 is 0 Å². The van der Waals surface area contributed by atoms with Crippen molar-refractivity contribution in [1.82, 2.24) is 0 Å². The van der Waals surface area contributed by atoms with Gasteiger partial charge in [-0.15, -0.1) is 11.8 Å². The number of nitrogens with zero attached hydrogens (tertiary/aromatic N) is 1. The normalized spacial score (nSPS) is 17.4. The second kappa shape index (κ2) is 6.35. The number of hydrogen-bond donors (Lipinski definition) is 1. The van der Waals surface area contributed by atoms with Crippen LogP contribution in [0, 0.1) is 5.41 Å². The van der Waals surface area contributed by atoms with Gasteiger partial charge in [0.25, 0.3) is 0 Å². The Kier molecular flexibility index (Phi) is 4.97. The zero-order valence-electron chi connectivity index (χ0n) is 12.6. The van der Waals surface area contributed by atoms with Crippen molar-refractivity contribution in [2.45, 2.75) is 38.0 Å². The average molecular weight is 309 g/mol. The van der Waals surface area contributed by atoms with E-state index in [1.54, 1.807) is 11.8 Å². The van der Waals surface area contributed by atoms with Crippen LogP contribution in [0.15, 0.2) is 23.1 Å². The quantitative estimate of drug-likeness (QED) is 0.656. The molecule has 2 N–H and O–H groups in total. The Morgan fingerprint density at radius 3 is 2.60 bits per heavy atom. The lowest BCUT2D eigenvalue weighted by molar-refractivity contribution is 0.301. The summed E-state index contributed by atoms with van der Waals surface area (Å²) in [4.78, 5) is 4.16. The second-order valence-electron chi connectivity index (χ2n) is 5.60. The van der Waals surface area contributed by atoms with Gasteiger partial charge in [-0.1, -0.05) is 32.1 Å². The zero-order chi connectivity index (χ0) is 14.8. The van der Waals surface area contributed by atoms with Gasteiger partial charge in [0.15, 0.2) is 0 Å². The molecule has 1 aliphatic rings. The van der Waals surface area contributed by atoms with Crippen LogP contribution < -0.4 is 10.6 Å². The molecule has 2 nitrogen and oxygen atoms in total. The lowest BCUT2D eigenvalue weighted by Gasteiger charge is -2.28. The van der Waals surface area contributed by atoms with Crippen molar-refractivity contribution in [3.05, 3.63) is 23.8 Å². The Balaban J connectivity index is 2.37. The van der Waals surface area contributed by atoms with Crippen molar-refractivity contribution in [2.24, 2.45) is 11.1 Å². The van der Waals surface area contributed by atoms with Gasteiger partial charge in [0.2, 0.25) is 0 Å². The van der Waals surface area contributed by atoms with Crippen LogP contribution in [0.4, 0.5) is 5.69 Å². The highest BCUT2D eigenvalue weighted by molar-refractivity contribution is 7.98. The predicted octanol–water partition coefficient (Wildman–Crippen LogP) is 4.06. The number of nitrogens with two attached hydrogens (primary N) is 1. The second-order valence-corrected chi connectivity index (χ2v) is 6.89. The molecular formula is C16H24N2S2. The van der Waals surface area contributed by atoms with Crippen molar-refractivity contribution < 1.29 is 0 Å². The summed E-state index contributed by atoms with van der Waals surface area (Å²) in [6, 6.07) is 6.38. The van der Waals surface area contributed by atoms with E-state index in [0.29, 0.717) is 10.4 Å². The Morgan fingerprint density at radius 2 is 2.10 bits per heavy atom. The average Bonchev–Trinajstić information content (AvgIpc) is 2.91. The van der Waals surface area contributed by atoms with Gasteiger partial charge in [-0.05, 0) is 43.1 Å². The fourth-order valence-electron chi connectivity index (χ4n) is 3.17. The van der Waals surface area contributed by atoms with Gasteiger partial charge in [-0.3, -0.25) is 0 Å². The molecular weight excluding hydrogens is 284 g/mol. The van der Waals surface area contributed by atoms with Crippen LogP contribution in [0.5, 0.6) is 0 Å². The first-order valence-electron chi connectivity index (χ1n) is 7.28. The van der Waals surface area contributed by atoms with Crippen LogP contribution in [0.2, 0.25) is 0 Å². The smallest absolute Gasteiger partial charge is 0.107 e. The molecule has 2 rings (SSSR count). The van der Waals surface area contributed by atoms with Gasteiger partial charge in [0, 0.05) is 29.2 Å². The molecule has 0 aromatic heterocycles. The first-order chi connectivity index (χ1) is 9.56. The van der Waals surface area contributed by atoms with Crippen LogP contribution in [-0.2, 0) is 0 Å². The zero-order valence-corrected chi connectivity index (χ0v) is 14.2. The van der Waals surface area contributed by atoms with E-state index in [0.717, 1.165) is 18.7 Å². The van der Waals surface area contributed by atoms with Crippen LogP contribution in [0.1, 0.15) is 38.7 Å². The van der Waals surface area contributed by atoms with E-state index in [1.165, 1.54) is 29.8 Å². The van der Waals surface area contributed by atoms with E-state index in [1.807, 2.05) is 0 Å². The molecule has 20 heavy (non-hydrogen) atoms. The summed E-state index contributed by atoms with van der Waals surface area (Å²) in [7, 11) is 0. The van der Waals surface area contributed by atoms with Crippen molar-refractivity contribution in [3.8, 4) is 0 Å². The summed E-state index contributed by atoms with van der Waals surface area (Å²) < 4.78 is 0. The van der Waals surface area contributed by atoms with Crippen molar-refractivity contribution in [1.29, 1.82) is 0 Å². The minimum Gasteiger partial charge on any atom is -0.389 e. The molecule has 1 saturated heterocycles. The highest BCUT2D eigenvalue weighted by Gasteiger charge is 2.35. The van der Waals surface area contributed by atoms with Gasteiger partial charge in [0.05, 0.1) is 0 Å². The fraction of sp³-hybridized carbons (Fsp3) is 0.562. The third kappa shape index (κ3) is 2.82. The molecule has 1 aromatic carbocycles. The maximum absolute atomic E-state index is 5.98. The summed E-state index contributed by atoms with van der Waals surface area (Å²) in [5, 5.41) is 0. The van der Waals surface area contributed by atoms with E-state index in [2.05, 4.69) is 43.2 Å². The van der Waals surface area contributed by atoms with Crippen LogP contribution >= 0.6 is 24.0 Å². The van der Waals surface area contributed by atoms with E-state index in [9.17, 15) is 0 Å². The van der Waals surface area contributed by atoms with Crippen molar-refractivity contribution in [2.75, 3.05) is 24.2 Å². The summed E-state index contributed by atoms with van der Waals surface area (Å²) in [6.07, 6.45) is 5.82. The van der Waals surface area contributed by atoms with Crippen molar-refractivity contribution in [3.63, 3.8) is 0 Å². The first kappa shape index (κ1) is 15.6. The Bertz CT molecular complexity index is 495. The number of rotatable bonds is 5. The fourth-order valence-corrected chi connectivity index (χ4v) is 4.08. The molecule has 0 atom stereocenters. The van der Waals surface area contributed by atoms with E-state index in [-0.39, 0.29) is 0 Å². The topological polar surface area (TPSA) is 29.3 Å². The summed E-state index contributed by atoms with van der Waals surface area (Å²) in [5.41, 5.74) is 8.71. The third-order valence-corrected chi connectivity index (χ3v) is 5.73. The number of thiocarbonyl (C=S) groups is 1. The molecule has 4 heteroatoms. The summed E-state index contributed by atoms with van der Waals surface area (Å²) in [5.74, 6) is 0. The van der Waals surface area contributed by atoms with Gasteiger partial charge in [0.1, 0.15) is 4.99 Å². The number of hydrogen-bond acceptors (Lipinski definition) is 3. The minimum absolute atomic E-state index is 0.461. The third-order valence-electron chi connectivity index (χ3n) is 4.75. The lowest BCUT2D eigenvalue weighted by atomic mass is 9.82. The number of anilines is 1. The summed E-state index contributed by atoms with van der Waals surface area (Å²) >= 11 is 7.00. The molecule has 0 saturated carbocycles. The SMILES string of the molecule is CCC1(CC)CCN(c2cccc(SC)c2C(N)=S)C1. The minimum atomic E-state index is 0.461. The highest BCUT2D eigenvalue weighted by atomic mass is 32.2. The maximum atomic E-state index is 5.98. The van der Waals surface area contributed by atoms with E-state index < -0.39 is 0 Å². The van der Waals surface area contributed by atoms with Gasteiger partial charge < -0.3 is 10.6 Å². The molecule has 0 unspecified atom stereocenters. The van der Waals surface area contributed by atoms with Crippen LogP contribution in [-0.4, -0.2) is 24.3 Å². The summed E-state index contributed by atoms with van der Waals surface area (Å²) in [6.45, 7) is 6.84. The van der Waals surface area contributed by atoms with Crippen molar-refractivity contribution >= 4 is 34.7 Å². The molecule has 0 radical (unpaired) electrons. The monoisotopic (exact) mass is 308 g/mol. The molecule has 1 aromatic rings. The standard InChI is InChI=1S/C16H24N2S2/c1-4-16(5-2)9-10-18(11-16)12-7-6-8-13(20-3)14(12)15(17)19/h6-8H,4-5,9-11H2,1-3H3,(H2,17,19). The Labute approximate surface area is 132 Å². The molecule has 0 aliphatic carbocycles.